The summed E-state index contributed by atoms with van der Waals surface area (Å²) in [7, 11) is 0. The molecule has 2 fully saturated rings. The van der Waals surface area contributed by atoms with E-state index in [0.717, 1.165) is 44.9 Å². The van der Waals surface area contributed by atoms with Crippen molar-refractivity contribution < 1.29 is 24.0 Å². The average molecular weight is 638 g/mol. The molecule has 2 rings (SSSR count). The van der Waals surface area contributed by atoms with E-state index in [9.17, 15) is 24.0 Å². The molecule has 11 heteroatoms. The Morgan fingerprint density at radius 2 is 1.66 bits per heavy atom. The summed E-state index contributed by atoms with van der Waals surface area (Å²) in [6.45, 7) is 16.0. The van der Waals surface area contributed by atoms with Crippen molar-refractivity contribution >= 4 is 41.3 Å². The number of likely N-dealkylation sites (tertiary alicyclic amines) is 1. The maximum Gasteiger partial charge on any atom is 0.315 e. The van der Waals surface area contributed by atoms with E-state index in [1.807, 2.05) is 54.7 Å². The first-order chi connectivity index (χ1) is 20.6. The smallest absolute Gasteiger partial charge is 0.315 e. The second-order valence-electron chi connectivity index (χ2n) is 13.3. The standard InChI is InChI=1S/C31H53N5O5S.C2H6/c1-8-20(2)17-22(24(37)26(32)38)33-27(39)23-13-12-16-36(23)28(40)25(30(4,5)6)34-29(41)35-31(14-10-9-11-15-31)18-21(3)19-42-7;1-2/h19-20,22-23,25H,8-18H2,1-7H3,(H2,32,38)(H,33,39)(H2,34,35,41);1-2H3/b21-19+;. The second-order valence-corrected chi connectivity index (χ2v) is 14.1. The number of ketones is 1. The molecule has 0 aromatic carbocycles. The van der Waals surface area contributed by atoms with Crippen LogP contribution in [0.25, 0.3) is 0 Å². The van der Waals surface area contributed by atoms with E-state index in [-0.39, 0.29) is 29.8 Å². The van der Waals surface area contributed by atoms with Gasteiger partial charge in [-0.05, 0) is 68.4 Å². The molecule has 4 atom stereocenters. The van der Waals surface area contributed by atoms with Crippen molar-refractivity contribution in [3.8, 4) is 0 Å². The highest BCUT2D eigenvalue weighted by Crippen LogP contribution is 2.34. The molecule has 1 aliphatic heterocycles. The van der Waals surface area contributed by atoms with Crippen LogP contribution in [0.1, 0.15) is 120 Å². The number of Topliss-reactive ketones (excluding diaryl/α,β-unsaturated/α-hetero) is 1. The summed E-state index contributed by atoms with van der Waals surface area (Å²) in [4.78, 5) is 66.5. The minimum Gasteiger partial charge on any atom is -0.363 e. The minimum absolute atomic E-state index is 0.0837. The van der Waals surface area contributed by atoms with Crippen LogP contribution >= 0.6 is 11.8 Å². The lowest BCUT2D eigenvalue weighted by Gasteiger charge is -2.40. The predicted octanol–water partition coefficient (Wildman–Crippen LogP) is 5.05. The van der Waals surface area contributed by atoms with E-state index in [1.54, 1.807) is 11.8 Å². The van der Waals surface area contributed by atoms with Crippen molar-refractivity contribution in [2.45, 2.75) is 143 Å². The first kappa shape index (κ1) is 39.5. The van der Waals surface area contributed by atoms with Crippen molar-refractivity contribution in [1.29, 1.82) is 0 Å². The summed E-state index contributed by atoms with van der Waals surface area (Å²) in [5, 5.41) is 11.0. The highest BCUT2D eigenvalue weighted by atomic mass is 32.2. The van der Waals surface area contributed by atoms with Gasteiger partial charge >= 0.3 is 6.03 Å². The van der Waals surface area contributed by atoms with E-state index in [1.165, 1.54) is 10.5 Å². The molecule has 1 heterocycles. The van der Waals surface area contributed by atoms with Crippen LogP contribution in [0, 0.1) is 11.3 Å². The van der Waals surface area contributed by atoms with Crippen LogP contribution in [0.3, 0.4) is 0 Å². The van der Waals surface area contributed by atoms with Crippen molar-refractivity contribution in [3.05, 3.63) is 11.0 Å². The quantitative estimate of drug-likeness (QED) is 0.208. The Labute approximate surface area is 269 Å². The number of urea groups is 1. The maximum absolute atomic E-state index is 14.0. The van der Waals surface area contributed by atoms with Crippen molar-refractivity contribution in [3.63, 3.8) is 0 Å². The van der Waals surface area contributed by atoms with Gasteiger partial charge < -0.3 is 26.6 Å². The zero-order chi connectivity index (χ0) is 33.7. The largest absolute Gasteiger partial charge is 0.363 e. The summed E-state index contributed by atoms with van der Waals surface area (Å²) in [5.74, 6) is -2.69. The number of amides is 5. The number of nitrogens with zero attached hydrogens (tertiary/aromatic N) is 1. The Morgan fingerprint density at radius 3 is 2.18 bits per heavy atom. The van der Waals surface area contributed by atoms with Gasteiger partial charge in [-0.1, -0.05) is 79.7 Å². The first-order valence-corrected chi connectivity index (χ1v) is 17.6. The highest BCUT2D eigenvalue weighted by molar-refractivity contribution is 8.01. The van der Waals surface area contributed by atoms with Gasteiger partial charge in [0.2, 0.25) is 17.6 Å². The summed E-state index contributed by atoms with van der Waals surface area (Å²) in [5.41, 5.74) is 5.47. The number of primary amides is 1. The van der Waals surface area contributed by atoms with Gasteiger partial charge in [-0.2, -0.15) is 0 Å². The molecule has 5 amide bonds. The van der Waals surface area contributed by atoms with Crippen LogP contribution in [0.5, 0.6) is 0 Å². The number of carbonyl (C=O) groups excluding carboxylic acids is 5. The number of thioether (sulfide) groups is 1. The topological polar surface area (TPSA) is 151 Å². The first-order valence-electron chi connectivity index (χ1n) is 16.4. The zero-order valence-electron chi connectivity index (χ0n) is 28.6. The molecule has 5 N–H and O–H groups in total. The molecule has 0 aromatic rings. The van der Waals surface area contributed by atoms with E-state index in [0.29, 0.717) is 19.4 Å². The van der Waals surface area contributed by atoms with Gasteiger partial charge in [0.05, 0.1) is 6.04 Å². The summed E-state index contributed by atoms with van der Waals surface area (Å²) in [6.07, 6.45) is 9.82. The molecule has 252 valence electrons. The molecule has 0 spiro atoms. The van der Waals surface area contributed by atoms with Gasteiger partial charge in [0.15, 0.2) is 0 Å². The third kappa shape index (κ3) is 11.7. The highest BCUT2D eigenvalue weighted by Gasteiger charge is 2.43. The Bertz CT molecular complexity index is 1020. The number of nitrogens with two attached hydrogens (primary N) is 1. The van der Waals surface area contributed by atoms with Gasteiger partial charge in [-0.3, -0.25) is 19.2 Å². The zero-order valence-corrected chi connectivity index (χ0v) is 29.5. The molecule has 1 saturated carbocycles. The molecule has 4 unspecified atom stereocenters. The van der Waals surface area contributed by atoms with Crippen LogP contribution in [-0.4, -0.2) is 70.9 Å². The maximum atomic E-state index is 14.0. The Kier molecular flexibility index (Phi) is 16.5. The van der Waals surface area contributed by atoms with Crippen LogP contribution < -0.4 is 21.7 Å². The van der Waals surface area contributed by atoms with E-state index < -0.39 is 41.1 Å². The molecule has 0 aromatic heterocycles. The van der Waals surface area contributed by atoms with Crippen LogP contribution in [0.15, 0.2) is 11.0 Å². The lowest BCUT2D eigenvalue weighted by Crippen LogP contribution is -2.62. The number of hydrogen-bond acceptors (Lipinski definition) is 6. The molecule has 44 heavy (non-hydrogen) atoms. The minimum atomic E-state index is -1.10. The van der Waals surface area contributed by atoms with Gasteiger partial charge in [0.1, 0.15) is 12.1 Å². The van der Waals surface area contributed by atoms with Crippen LogP contribution in [-0.2, 0) is 19.2 Å². The molecular weight excluding hydrogens is 578 g/mol. The normalized spacial score (nSPS) is 20.3. The summed E-state index contributed by atoms with van der Waals surface area (Å²) in [6, 6.07) is -3.11. The summed E-state index contributed by atoms with van der Waals surface area (Å²) >= 11 is 1.65. The van der Waals surface area contributed by atoms with Gasteiger partial charge in [0, 0.05) is 12.1 Å². The molecule has 0 radical (unpaired) electrons. The fourth-order valence-corrected chi connectivity index (χ4v) is 6.60. The van der Waals surface area contributed by atoms with Gasteiger partial charge in [-0.25, -0.2) is 4.79 Å². The molecular formula is C33H59N5O5S. The SMILES string of the molecule is CC.CCC(C)CC(NC(=O)C1CCCN1C(=O)C(NC(=O)NC1(C/C(C)=C/SC)CCCCC1)C(C)(C)C)C(=O)C(N)=O. The summed E-state index contributed by atoms with van der Waals surface area (Å²) < 4.78 is 0. The van der Waals surface area contributed by atoms with E-state index in [2.05, 4.69) is 28.3 Å². The molecule has 0 bridgehead atoms. The number of nitrogens with one attached hydrogen (secondary N) is 3. The van der Waals surface area contributed by atoms with Crippen molar-refractivity contribution in [2.24, 2.45) is 17.1 Å². The van der Waals surface area contributed by atoms with Crippen LogP contribution in [0.2, 0.25) is 0 Å². The van der Waals surface area contributed by atoms with Crippen molar-refractivity contribution in [2.75, 3.05) is 12.8 Å². The Morgan fingerprint density at radius 1 is 1.05 bits per heavy atom. The molecule has 10 nitrogen and oxygen atoms in total. The Hall–Kier alpha value is -2.56. The number of carbonyl (C=O) groups is 5. The second kappa shape index (κ2) is 18.4. The molecule has 1 aliphatic carbocycles. The lowest BCUT2D eigenvalue weighted by atomic mass is 9.77. The van der Waals surface area contributed by atoms with Gasteiger partial charge in [-0.15, -0.1) is 11.8 Å². The van der Waals surface area contributed by atoms with Crippen molar-refractivity contribution in [1.82, 2.24) is 20.9 Å². The van der Waals surface area contributed by atoms with E-state index >= 15 is 0 Å². The number of hydrogen-bond donors (Lipinski definition) is 4. The fraction of sp³-hybridized carbons (Fsp3) is 0.788. The van der Waals surface area contributed by atoms with Crippen LogP contribution in [0.4, 0.5) is 4.79 Å². The van der Waals surface area contributed by atoms with E-state index in [4.69, 9.17) is 5.73 Å². The Balaban J connectivity index is 0.00000474. The number of rotatable bonds is 13. The average Bonchev–Trinajstić information content (AvgIpc) is 3.46. The predicted molar refractivity (Wildman–Crippen MR) is 179 cm³/mol. The fourth-order valence-electron chi connectivity index (χ4n) is 6.12. The molecule has 2 aliphatic rings. The third-order valence-corrected chi connectivity index (χ3v) is 9.20. The lowest BCUT2D eigenvalue weighted by molar-refractivity contribution is -0.143. The van der Waals surface area contributed by atoms with Gasteiger partial charge in [0.25, 0.3) is 5.91 Å². The monoisotopic (exact) mass is 637 g/mol. The molecule has 1 saturated heterocycles. The third-order valence-electron chi connectivity index (χ3n) is 8.56.